The summed E-state index contributed by atoms with van der Waals surface area (Å²) in [7, 11) is -31.2. The van der Waals surface area contributed by atoms with Crippen LogP contribution in [0.5, 0.6) is 0 Å². The molecule has 6 aromatic rings. The van der Waals surface area contributed by atoms with Gasteiger partial charge < -0.3 is 9.47 Å². The van der Waals surface area contributed by atoms with E-state index in [9.17, 15) is 64.9 Å². The number of esters is 1. The first-order valence-electron chi connectivity index (χ1n) is 35.7. The van der Waals surface area contributed by atoms with Crippen molar-refractivity contribution in [3.05, 3.63) is 130 Å². The third-order valence-electron chi connectivity index (χ3n) is 21.2. The molecule has 566 valence electrons. The number of aromatic nitrogens is 2. The minimum absolute atomic E-state index is 0.0419. The van der Waals surface area contributed by atoms with E-state index in [1.165, 1.54) is 7.11 Å². The number of ether oxygens (including phenoxy) is 4. The van der Waals surface area contributed by atoms with Crippen LogP contribution in [0.15, 0.2) is 117 Å². The zero-order valence-electron chi connectivity index (χ0n) is 59.8. The molecule has 4 N–H and O–H groups in total. The van der Waals surface area contributed by atoms with Gasteiger partial charge in [-0.15, -0.1) is 0 Å². The fraction of sp³-hybridized carbons (Fsp3) is 0.515. The van der Waals surface area contributed by atoms with Gasteiger partial charge in [0, 0.05) is 0 Å². The van der Waals surface area contributed by atoms with Crippen molar-refractivity contribution in [1.82, 2.24) is 8.47 Å². The van der Waals surface area contributed by atoms with Gasteiger partial charge in [0.25, 0.3) is 0 Å². The molecule has 104 heavy (non-hydrogen) atoms. The van der Waals surface area contributed by atoms with Gasteiger partial charge in [-0.3, -0.25) is 4.79 Å². The van der Waals surface area contributed by atoms with Crippen LogP contribution >= 0.6 is 0 Å². The number of methoxy groups -OCH3 is 1. The van der Waals surface area contributed by atoms with E-state index in [-0.39, 0.29) is 95.2 Å². The molecule has 0 radical (unpaired) electrons. The summed E-state index contributed by atoms with van der Waals surface area (Å²) in [5.74, 6) is 0.408. The summed E-state index contributed by atoms with van der Waals surface area (Å²) in [5, 5.41) is 3.06. The number of carbonyl (C=O) groups excluding carboxylic acids is 1. The third kappa shape index (κ3) is 14.5. The average molecular weight is 1570 g/mol. The number of rotatable bonds is 43. The number of amidine groups is 4. The molecular weight excluding hydrogens is 1470 g/mol. The second-order valence-electron chi connectivity index (χ2n) is 29.5. The first kappa shape index (κ1) is 77.3. The van der Waals surface area contributed by atoms with Crippen molar-refractivity contribution in [2.45, 2.75) is 103 Å². The second kappa shape index (κ2) is 29.0. The van der Waals surface area contributed by atoms with E-state index in [1.807, 2.05) is 97.1 Å². The zero-order valence-corrected chi connectivity index (χ0v) is 66.0. The van der Waals surface area contributed by atoms with Crippen LogP contribution in [0.25, 0.3) is 21.5 Å². The van der Waals surface area contributed by atoms with Crippen molar-refractivity contribution in [3.63, 3.8) is 0 Å². The fourth-order valence-corrected chi connectivity index (χ4v) is 41.4. The van der Waals surface area contributed by atoms with Gasteiger partial charge >= 0.3 is 565 Å². The smallest absolute Gasteiger partial charge is 0.469 e. The molecule has 1 spiro atoms. The molecule has 0 aliphatic carbocycles. The Balaban J connectivity index is 1.05. The van der Waals surface area contributed by atoms with E-state index < -0.39 is 87.9 Å². The molecule has 2 aromatic heterocycles. The van der Waals surface area contributed by atoms with Crippen LogP contribution in [0.2, 0.25) is 38.3 Å². The SMILES string of the molecule is CCCC[N+](CCC[Si](C)(C)O[Si-2]123(O[Si](C)(C)CCC[N+](CCCS(=O)(=O)O)(CCCS(=O)(=O)O)CCCS(=O)(=O)O)n4c5c6ccccc6c4N=C4c6ccccc6C(=[N+]41)N=c1c4ccccc4c(n12)=NC1=[N+]3C(=N5)c2ccccc21)(CCCS(=O)(=O)O)CCOCCOCCOCCC(=O)OC. The van der Waals surface area contributed by atoms with Gasteiger partial charge in [-0.1, -0.05) is 0 Å². The van der Waals surface area contributed by atoms with Crippen LogP contribution in [0.4, 0.5) is 11.6 Å². The van der Waals surface area contributed by atoms with Crippen molar-refractivity contribution in [1.29, 1.82) is 0 Å². The summed E-state index contributed by atoms with van der Waals surface area (Å²) in [6.45, 7) is 15.0. The predicted molar refractivity (Wildman–Crippen MR) is 400 cm³/mol. The van der Waals surface area contributed by atoms with Crippen LogP contribution in [-0.2, 0) is 72.4 Å². The third-order valence-corrected chi connectivity index (χ3v) is 41.1. The van der Waals surface area contributed by atoms with Crippen molar-refractivity contribution in [2.24, 2.45) is 20.0 Å². The normalized spacial score (nSPS) is 17.9. The molecule has 6 aliphatic rings. The number of hydrogen-bond donors (Lipinski definition) is 4. The van der Waals surface area contributed by atoms with Gasteiger partial charge in [-0.2, -0.15) is 0 Å². The maximum absolute atomic E-state index is 12.5. The topological polar surface area (TPSA) is 355 Å². The van der Waals surface area contributed by atoms with Crippen LogP contribution in [-0.4, -0.2) is 254 Å². The monoisotopic (exact) mass is 1570 g/mol. The van der Waals surface area contributed by atoms with E-state index in [4.69, 9.17) is 38.9 Å². The van der Waals surface area contributed by atoms with Gasteiger partial charge in [0.1, 0.15) is 0 Å². The molecule has 1 unspecified atom stereocenters. The summed E-state index contributed by atoms with van der Waals surface area (Å²) in [6, 6.07) is 33.0. The number of nitrogens with zero attached hydrogens (tertiary/aromatic N) is 10. The standard InChI is InChI=1S/C68H94N10O19S4Si3/c1-7-8-32-78(36-20-49-101(89,90)91,39-41-94-43-45-95-44-42-93-40-31-60(79)92-2)38-22-51-103(5,6)97-104(96-102(3,4)50-21-37-77(33-17-46-98(80,81)82,34-18-47-99(83,84)85)35-19-48-100(86,87)88)73-61-52-23-9-10-24-53(52)62(73)70-64-56-27-13-14-28-57(56)66(75(64)104)72-68-59-30-16-15-29-58(59)67(76(68)104)71-65-55-26-12-11-25-54(55)63(69-61)74(65)104/h9-16,23-30H,7-8,17-22,31-51H2,1-6H3,(H2-2,80,81,82,83,84,85,86,87,88,89,90,91)/p+2. The molecular formula is C68H96N10O19S4Si3+2. The number of carbonyl (C=O) groups is 1. The number of fused-ring (bicyclic) bond motifs is 12. The number of hydrogen-bond acceptors (Lipinski definition) is 19. The Morgan fingerprint density at radius 3 is 1.19 bits per heavy atom. The summed E-state index contributed by atoms with van der Waals surface area (Å²) in [6.07, 6.45) is 2.59. The molecule has 6 aliphatic heterocycles. The van der Waals surface area contributed by atoms with Crippen LogP contribution in [0, 0.1) is 0 Å². The summed E-state index contributed by atoms with van der Waals surface area (Å²) in [5.41, 5.74) is 4.10. The van der Waals surface area contributed by atoms with E-state index in [0.29, 0.717) is 115 Å². The van der Waals surface area contributed by atoms with Crippen molar-refractivity contribution >= 4 is 127 Å². The van der Waals surface area contributed by atoms with Gasteiger partial charge in [0.15, 0.2) is 0 Å². The molecule has 0 saturated carbocycles. The maximum atomic E-state index is 12.5. The molecule has 0 fully saturated rings. The Morgan fingerprint density at radius 1 is 0.452 bits per heavy atom. The first-order chi connectivity index (χ1) is 49.2. The second-order valence-corrected chi connectivity index (χ2v) is 50.0. The van der Waals surface area contributed by atoms with Crippen molar-refractivity contribution in [3.8, 4) is 0 Å². The van der Waals surface area contributed by atoms with Gasteiger partial charge in [0.05, 0.1) is 33.4 Å². The number of quaternary nitrogens is 2. The molecule has 29 nitrogen and oxygen atoms in total. The molecule has 0 amide bonds. The van der Waals surface area contributed by atoms with Gasteiger partial charge in [-0.05, 0) is 0 Å². The van der Waals surface area contributed by atoms with Crippen molar-refractivity contribution in [2.75, 3.05) is 122 Å². The van der Waals surface area contributed by atoms with E-state index in [1.54, 1.807) is 0 Å². The number of unbranched alkanes of at least 4 members (excludes halogenated alkanes) is 1. The molecule has 1 atom stereocenters. The van der Waals surface area contributed by atoms with E-state index in [0.717, 1.165) is 56.6 Å². The fourth-order valence-electron chi connectivity index (χ4n) is 17.2. The molecule has 0 saturated heterocycles. The van der Waals surface area contributed by atoms with Crippen molar-refractivity contribution < 1.29 is 101 Å². The van der Waals surface area contributed by atoms with E-state index >= 15 is 0 Å². The minimum Gasteiger partial charge on any atom is -0.469 e. The quantitative estimate of drug-likeness (QED) is 0.0102. The summed E-state index contributed by atoms with van der Waals surface area (Å²) >= 11 is 0. The molecule has 8 heterocycles. The average Bonchev–Trinajstić information content (AvgIpc) is 1.29. The molecule has 4 aromatic carbocycles. The first-order valence-corrected chi connectivity index (χ1v) is 50.9. The molecule has 36 heteroatoms. The van der Waals surface area contributed by atoms with Crippen LogP contribution < -0.4 is 11.0 Å². The van der Waals surface area contributed by atoms with Gasteiger partial charge in [0.2, 0.25) is 0 Å². The Morgan fingerprint density at radius 2 is 0.798 bits per heavy atom. The Labute approximate surface area is 608 Å². The predicted octanol–water partition coefficient (Wildman–Crippen LogP) is 6.71. The summed E-state index contributed by atoms with van der Waals surface area (Å²) in [4.78, 5) is 35.0. The zero-order chi connectivity index (χ0) is 74.4. The summed E-state index contributed by atoms with van der Waals surface area (Å²) < 4.78 is 190. The Bertz CT molecular complexity index is 4890. The number of benzene rings is 4. The molecule has 12 rings (SSSR count). The Hall–Kier alpha value is -6.28. The molecule has 0 bridgehead atoms. The number of aliphatic imine (C=N–C) groups is 2. The van der Waals surface area contributed by atoms with Crippen LogP contribution in [0.3, 0.4) is 0 Å². The minimum atomic E-state index is -7.37. The Kier molecular flexibility index (Phi) is 21.6. The van der Waals surface area contributed by atoms with E-state index in [2.05, 4.69) is 50.1 Å². The van der Waals surface area contributed by atoms with Gasteiger partial charge in [-0.25, -0.2) is 0 Å². The van der Waals surface area contributed by atoms with Crippen LogP contribution in [0.1, 0.15) is 87.0 Å².